The molecule has 1 aromatic carbocycles. The average Bonchev–Trinajstić information content (AvgIpc) is 2.83. The fraction of sp³-hybridized carbons (Fsp3) is 0.333. The number of ether oxygens (including phenoxy) is 1. The van der Waals surface area contributed by atoms with E-state index < -0.39 is 0 Å². The van der Waals surface area contributed by atoms with Gasteiger partial charge in [-0.1, -0.05) is 6.07 Å². The van der Waals surface area contributed by atoms with Gasteiger partial charge in [-0.25, -0.2) is 14.4 Å². The van der Waals surface area contributed by atoms with Crippen molar-refractivity contribution in [3.8, 4) is 11.3 Å². The standard InChI is InChI=1S/C24H26FN5O2/c1-32-13-10-23(31)30-12-3-2-9-21(30)24-28-20(17-6-5-11-26-16-17)15-22(29-24)27-19-8-4-7-18(25)14-19/h4-8,11,14-16,21H,2-3,9-10,12-13H2,1H3,(H,27,28,29)/t21-/m1/s1. The van der Waals surface area contributed by atoms with E-state index in [2.05, 4.69) is 10.3 Å². The van der Waals surface area contributed by atoms with Crippen molar-refractivity contribution in [2.45, 2.75) is 31.7 Å². The minimum absolute atomic E-state index is 0.0339. The maximum absolute atomic E-state index is 13.7. The van der Waals surface area contributed by atoms with Crippen molar-refractivity contribution in [2.75, 3.05) is 25.6 Å². The number of aromatic nitrogens is 3. The first-order valence-corrected chi connectivity index (χ1v) is 10.7. The molecule has 0 unspecified atom stereocenters. The van der Waals surface area contributed by atoms with Gasteiger partial charge in [-0.3, -0.25) is 9.78 Å². The van der Waals surface area contributed by atoms with Gasteiger partial charge in [0, 0.05) is 43.4 Å². The van der Waals surface area contributed by atoms with Crippen molar-refractivity contribution in [3.63, 3.8) is 0 Å². The van der Waals surface area contributed by atoms with Crippen LogP contribution in [-0.4, -0.2) is 46.0 Å². The average molecular weight is 436 g/mol. The van der Waals surface area contributed by atoms with Crippen molar-refractivity contribution in [1.82, 2.24) is 19.9 Å². The molecule has 8 heteroatoms. The van der Waals surface area contributed by atoms with Gasteiger partial charge in [0.1, 0.15) is 11.6 Å². The Morgan fingerprint density at radius 3 is 2.91 bits per heavy atom. The molecule has 1 aliphatic heterocycles. The van der Waals surface area contributed by atoms with Gasteiger partial charge >= 0.3 is 0 Å². The molecule has 0 spiro atoms. The Labute approximate surface area is 186 Å². The molecule has 1 saturated heterocycles. The Bertz CT molecular complexity index is 1060. The number of anilines is 2. The van der Waals surface area contributed by atoms with Crippen molar-refractivity contribution < 1.29 is 13.9 Å². The van der Waals surface area contributed by atoms with Crippen molar-refractivity contribution in [1.29, 1.82) is 0 Å². The Hall–Kier alpha value is -3.39. The SMILES string of the molecule is COCCC(=O)N1CCCC[C@@H]1c1nc(Nc2cccc(F)c2)cc(-c2cccnc2)n1. The molecule has 0 radical (unpaired) electrons. The monoisotopic (exact) mass is 435 g/mol. The van der Waals surface area contributed by atoms with E-state index in [0.29, 0.717) is 42.6 Å². The smallest absolute Gasteiger partial charge is 0.225 e. The first-order chi connectivity index (χ1) is 15.6. The lowest BCUT2D eigenvalue weighted by molar-refractivity contribution is -0.136. The van der Waals surface area contributed by atoms with Crippen LogP contribution < -0.4 is 5.32 Å². The molecule has 1 N–H and O–H groups in total. The van der Waals surface area contributed by atoms with E-state index in [1.807, 2.05) is 23.1 Å². The van der Waals surface area contributed by atoms with E-state index in [4.69, 9.17) is 14.7 Å². The number of rotatable bonds is 7. The summed E-state index contributed by atoms with van der Waals surface area (Å²) in [5.41, 5.74) is 2.12. The second kappa shape index (κ2) is 10.3. The molecule has 7 nitrogen and oxygen atoms in total. The molecule has 0 saturated carbocycles. The molecule has 1 amide bonds. The Morgan fingerprint density at radius 1 is 1.22 bits per heavy atom. The van der Waals surface area contributed by atoms with Crippen LogP contribution in [0.25, 0.3) is 11.3 Å². The Kier molecular flexibility index (Phi) is 7.01. The summed E-state index contributed by atoms with van der Waals surface area (Å²) in [5.74, 6) is 0.801. The highest BCUT2D eigenvalue weighted by atomic mass is 19.1. The molecule has 166 valence electrons. The van der Waals surface area contributed by atoms with Gasteiger partial charge in [-0.15, -0.1) is 0 Å². The van der Waals surface area contributed by atoms with Crippen LogP contribution in [0.5, 0.6) is 0 Å². The maximum atomic E-state index is 13.7. The molecule has 3 heterocycles. The minimum Gasteiger partial charge on any atom is -0.384 e. The van der Waals surface area contributed by atoms with Crippen LogP contribution in [0.1, 0.15) is 37.5 Å². The zero-order valence-electron chi connectivity index (χ0n) is 18.0. The van der Waals surface area contributed by atoms with Crippen LogP contribution in [0.4, 0.5) is 15.9 Å². The molecule has 3 aromatic rings. The molecular weight excluding hydrogens is 409 g/mol. The van der Waals surface area contributed by atoms with E-state index >= 15 is 0 Å². The van der Waals surface area contributed by atoms with Crippen LogP contribution in [-0.2, 0) is 9.53 Å². The largest absolute Gasteiger partial charge is 0.384 e. The van der Waals surface area contributed by atoms with Gasteiger partial charge < -0.3 is 15.0 Å². The lowest BCUT2D eigenvalue weighted by Crippen LogP contribution is -2.39. The molecule has 1 atom stereocenters. The third kappa shape index (κ3) is 5.26. The van der Waals surface area contributed by atoms with Gasteiger partial charge in [0.15, 0.2) is 5.82 Å². The van der Waals surface area contributed by atoms with E-state index in [9.17, 15) is 9.18 Å². The van der Waals surface area contributed by atoms with Crippen molar-refractivity contribution >= 4 is 17.4 Å². The molecule has 4 rings (SSSR count). The van der Waals surface area contributed by atoms with Crippen LogP contribution in [0, 0.1) is 5.82 Å². The summed E-state index contributed by atoms with van der Waals surface area (Å²) in [6.45, 7) is 1.05. The van der Waals surface area contributed by atoms with Gasteiger partial charge in [0.2, 0.25) is 5.91 Å². The zero-order valence-corrected chi connectivity index (χ0v) is 18.0. The fourth-order valence-electron chi connectivity index (χ4n) is 3.89. The van der Waals surface area contributed by atoms with Crippen LogP contribution in [0.2, 0.25) is 0 Å². The number of carbonyl (C=O) groups is 1. The number of piperidine rings is 1. The Morgan fingerprint density at radius 2 is 2.12 bits per heavy atom. The second-order valence-corrected chi connectivity index (χ2v) is 7.72. The fourth-order valence-corrected chi connectivity index (χ4v) is 3.89. The number of amides is 1. The predicted molar refractivity (Wildman–Crippen MR) is 120 cm³/mol. The van der Waals surface area contributed by atoms with Gasteiger partial charge in [0.05, 0.1) is 24.8 Å². The number of carbonyl (C=O) groups excluding carboxylic acids is 1. The number of methoxy groups -OCH3 is 1. The van der Waals surface area contributed by atoms with E-state index in [1.165, 1.54) is 12.1 Å². The number of halogens is 1. The quantitative estimate of drug-likeness (QED) is 0.588. The summed E-state index contributed by atoms with van der Waals surface area (Å²) in [4.78, 5) is 28.4. The van der Waals surface area contributed by atoms with Crippen LogP contribution in [0.15, 0.2) is 54.9 Å². The number of likely N-dealkylation sites (tertiary alicyclic amines) is 1. The zero-order chi connectivity index (χ0) is 22.3. The number of pyridine rings is 1. The summed E-state index contributed by atoms with van der Waals surface area (Å²) in [7, 11) is 1.59. The molecule has 0 aliphatic carbocycles. The molecule has 2 aromatic heterocycles. The number of hydrogen-bond donors (Lipinski definition) is 1. The third-order valence-corrected chi connectivity index (χ3v) is 5.44. The summed E-state index contributed by atoms with van der Waals surface area (Å²) in [5, 5.41) is 3.18. The summed E-state index contributed by atoms with van der Waals surface area (Å²) in [6, 6.07) is 11.6. The van der Waals surface area contributed by atoms with E-state index in [-0.39, 0.29) is 17.8 Å². The van der Waals surface area contributed by atoms with Gasteiger partial charge in [0.25, 0.3) is 0 Å². The minimum atomic E-state index is -0.334. The highest BCUT2D eigenvalue weighted by molar-refractivity contribution is 5.77. The second-order valence-electron chi connectivity index (χ2n) is 7.72. The van der Waals surface area contributed by atoms with Crippen LogP contribution in [0.3, 0.4) is 0 Å². The summed E-state index contributed by atoms with van der Waals surface area (Å²) >= 11 is 0. The summed E-state index contributed by atoms with van der Waals surface area (Å²) in [6.07, 6.45) is 6.49. The number of hydrogen-bond acceptors (Lipinski definition) is 6. The maximum Gasteiger partial charge on any atom is 0.225 e. The highest BCUT2D eigenvalue weighted by Gasteiger charge is 2.30. The van der Waals surface area contributed by atoms with Crippen molar-refractivity contribution in [2.24, 2.45) is 0 Å². The predicted octanol–water partition coefficient (Wildman–Crippen LogP) is 4.51. The van der Waals surface area contributed by atoms with E-state index in [1.54, 1.807) is 31.6 Å². The number of nitrogens with one attached hydrogen (secondary N) is 1. The summed E-state index contributed by atoms with van der Waals surface area (Å²) < 4.78 is 18.8. The van der Waals surface area contributed by atoms with Gasteiger partial charge in [-0.2, -0.15) is 0 Å². The van der Waals surface area contributed by atoms with Crippen LogP contribution >= 0.6 is 0 Å². The first-order valence-electron chi connectivity index (χ1n) is 10.7. The lowest BCUT2D eigenvalue weighted by Gasteiger charge is -2.35. The lowest BCUT2D eigenvalue weighted by atomic mass is 10.0. The van der Waals surface area contributed by atoms with Gasteiger partial charge in [-0.05, 0) is 49.6 Å². The third-order valence-electron chi connectivity index (χ3n) is 5.44. The molecular formula is C24H26FN5O2. The molecule has 32 heavy (non-hydrogen) atoms. The number of benzene rings is 1. The number of nitrogens with zero attached hydrogens (tertiary/aromatic N) is 4. The topological polar surface area (TPSA) is 80.2 Å². The highest BCUT2D eigenvalue weighted by Crippen LogP contribution is 2.32. The molecule has 1 aliphatic rings. The Balaban J connectivity index is 1.71. The molecule has 0 bridgehead atoms. The van der Waals surface area contributed by atoms with E-state index in [0.717, 1.165) is 24.8 Å². The first kappa shape index (κ1) is 21.8. The van der Waals surface area contributed by atoms with Crippen molar-refractivity contribution in [3.05, 3.63) is 66.5 Å². The normalized spacial score (nSPS) is 16.1. The molecule has 1 fully saturated rings.